The van der Waals surface area contributed by atoms with E-state index in [-0.39, 0.29) is 17.9 Å². The van der Waals surface area contributed by atoms with Gasteiger partial charge in [0.15, 0.2) is 0 Å². The summed E-state index contributed by atoms with van der Waals surface area (Å²) >= 11 is 7.87. The van der Waals surface area contributed by atoms with Crippen molar-refractivity contribution in [1.82, 2.24) is 10.2 Å². The van der Waals surface area contributed by atoms with Crippen LogP contribution in [-0.4, -0.2) is 34.6 Å². The number of hydrogen-bond acceptors (Lipinski definition) is 3. The Hall–Kier alpha value is -2.76. The number of hydrogen-bond donors (Lipinski definition) is 1. The summed E-state index contributed by atoms with van der Waals surface area (Å²) in [6, 6.07) is 27.4. The number of nitrogens with one attached hydrogen (secondary N) is 1. The van der Waals surface area contributed by atoms with E-state index in [1.807, 2.05) is 72.8 Å². The number of nitrogens with zero attached hydrogens (tertiary/aromatic N) is 1. The van der Waals surface area contributed by atoms with Crippen molar-refractivity contribution in [2.45, 2.75) is 69.3 Å². The summed E-state index contributed by atoms with van der Waals surface area (Å²) in [7, 11) is 0. The second kappa shape index (κ2) is 15.0. The van der Waals surface area contributed by atoms with Gasteiger partial charge in [0.05, 0.1) is 0 Å². The van der Waals surface area contributed by atoms with Gasteiger partial charge in [-0.05, 0) is 41.7 Å². The van der Waals surface area contributed by atoms with E-state index in [1.165, 1.54) is 12.0 Å². The van der Waals surface area contributed by atoms with Gasteiger partial charge in [0, 0.05) is 42.0 Å². The summed E-state index contributed by atoms with van der Waals surface area (Å²) in [5.41, 5.74) is 3.25. The van der Waals surface area contributed by atoms with Gasteiger partial charge in [-0.25, -0.2) is 0 Å². The third-order valence-electron chi connectivity index (χ3n) is 7.06. The SMILES string of the molecule is O=C(NC1CCCCC1)[C@H](Cc1ccccc1)N(Cc1ccc(Cl)cc1)C(=O)CCSCc1ccccc1. The number of benzene rings is 3. The molecular formula is C32H37ClN2O2S. The highest BCUT2D eigenvalue weighted by Gasteiger charge is 2.31. The van der Waals surface area contributed by atoms with Crippen LogP contribution in [-0.2, 0) is 28.3 Å². The summed E-state index contributed by atoms with van der Waals surface area (Å²) in [6.45, 7) is 0.370. The molecular weight excluding hydrogens is 512 g/mol. The number of amides is 2. The number of halogens is 1. The van der Waals surface area contributed by atoms with Gasteiger partial charge in [-0.3, -0.25) is 9.59 Å². The van der Waals surface area contributed by atoms with E-state index in [2.05, 4.69) is 17.4 Å². The molecule has 6 heteroatoms. The van der Waals surface area contributed by atoms with Gasteiger partial charge < -0.3 is 10.2 Å². The minimum atomic E-state index is -0.582. The first-order chi connectivity index (χ1) is 18.6. The predicted octanol–water partition coefficient (Wildman–Crippen LogP) is 7.05. The molecule has 1 N–H and O–H groups in total. The summed E-state index contributed by atoms with van der Waals surface area (Å²) in [6.07, 6.45) is 6.38. The van der Waals surface area contributed by atoms with Crippen LogP contribution in [0.3, 0.4) is 0 Å². The van der Waals surface area contributed by atoms with E-state index in [9.17, 15) is 9.59 Å². The average Bonchev–Trinajstić information content (AvgIpc) is 2.95. The molecule has 0 unspecified atom stereocenters. The topological polar surface area (TPSA) is 49.4 Å². The third kappa shape index (κ3) is 8.92. The molecule has 3 aromatic rings. The van der Waals surface area contributed by atoms with E-state index in [1.54, 1.807) is 16.7 Å². The maximum absolute atomic E-state index is 13.8. The molecule has 1 saturated carbocycles. The molecule has 0 spiro atoms. The van der Waals surface area contributed by atoms with Crippen LogP contribution < -0.4 is 5.32 Å². The Morgan fingerprint density at radius 1 is 0.842 bits per heavy atom. The molecule has 1 aliphatic carbocycles. The van der Waals surface area contributed by atoms with Crippen LogP contribution in [0.1, 0.15) is 55.2 Å². The van der Waals surface area contributed by atoms with Gasteiger partial charge in [-0.15, -0.1) is 0 Å². The Labute approximate surface area is 236 Å². The van der Waals surface area contributed by atoms with Crippen LogP contribution in [0, 0.1) is 0 Å². The van der Waals surface area contributed by atoms with Gasteiger partial charge in [0.2, 0.25) is 11.8 Å². The highest BCUT2D eigenvalue weighted by Crippen LogP contribution is 2.21. The fourth-order valence-corrected chi connectivity index (χ4v) is 5.97. The molecule has 4 rings (SSSR count). The molecule has 4 nitrogen and oxygen atoms in total. The summed E-state index contributed by atoms with van der Waals surface area (Å²) in [4.78, 5) is 29.3. The number of carbonyl (C=O) groups excluding carboxylic acids is 2. The average molecular weight is 549 g/mol. The predicted molar refractivity (Wildman–Crippen MR) is 158 cm³/mol. The smallest absolute Gasteiger partial charge is 0.243 e. The van der Waals surface area contributed by atoms with Crippen LogP contribution >= 0.6 is 23.4 Å². The summed E-state index contributed by atoms with van der Waals surface area (Å²) < 4.78 is 0. The van der Waals surface area contributed by atoms with E-state index in [4.69, 9.17) is 11.6 Å². The Morgan fingerprint density at radius 3 is 2.13 bits per heavy atom. The van der Waals surface area contributed by atoms with Gasteiger partial charge in [0.1, 0.15) is 6.04 Å². The first kappa shape index (κ1) is 28.3. The molecule has 1 atom stereocenters. The lowest BCUT2D eigenvalue weighted by molar-refractivity contribution is -0.141. The molecule has 200 valence electrons. The fourth-order valence-electron chi connectivity index (χ4n) is 4.95. The Kier molecular flexibility index (Phi) is 11.1. The van der Waals surface area contributed by atoms with Crippen molar-refractivity contribution in [1.29, 1.82) is 0 Å². The molecule has 38 heavy (non-hydrogen) atoms. The maximum Gasteiger partial charge on any atom is 0.243 e. The zero-order chi connectivity index (χ0) is 26.6. The van der Waals surface area contributed by atoms with E-state index in [0.29, 0.717) is 30.2 Å². The van der Waals surface area contributed by atoms with Crippen LogP contribution in [0.4, 0.5) is 0 Å². The van der Waals surface area contributed by atoms with Crippen LogP contribution in [0.2, 0.25) is 5.02 Å². The standard InChI is InChI=1S/C32H37ClN2O2S/c33-28-18-16-26(17-19-28)23-35(31(36)20-21-38-24-27-12-6-2-7-13-27)30(22-25-10-4-1-5-11-25)32(37)34-29-14-8-3-9-15-29/h1-2,4-7,10-13,16-19,29-30H,3,8-9,14-15,20-24H2,(H,34,37)/t30-/m0/s1. The second-order valence-electron chi connectivity index (χ2n) is 9.99. The summed E-state index contributed by atoms with van der Waals surface area (Å²) in [5, 5.41) is 3.95. The van der Waals surface area contributed by atoms with Crippen molar-refractivity contribution in [3.8, 4) is 0 Å². The molecule has 0 saturated heterocycles. The largest absolute Gasteiger partial charge is 0.352 e. The maximum atomic E-state index is 13.8. The van der Waals surface area contributed by atoms with Crippen molar-refractivity contribution in [3.05, 3.63) is 107 Å². The molecule has 0 bridgehead atoms. The quantitative estimate of drug-likeness (QED) is 0.247. The molecule has 3 aromatic carbocycles. The Morgan fingerprint density at radius 2 is 1.47 bits per heavy atom. The molecule has 0 heterocycles. The molecule has 1 aliphatic rings. The molecule has 1 fully saturated rings. The fraction of sp³-hybridized carbons (Fsp3) is 0.375. The first-order valence-electron chi connectivity index (χ1n) is 13.6. The Bertz CT molecular complexity index is 1140. The van der Waals surface area contributed by atoms with E-state index < -0.39 is 6.04 Å². The summed E-state index contributed by atoms with van der Waals surface area (Å²) in [5.74, 6) is 1.51. The van der Waals surface area contributed by atoms with Crippen molar-refractivity contribution in [2.75, 3.05) is 5.75 Å². The van der Waals surface area contributed by atoms with Crippen LogP contribution in [0.5, 0.6) is 0 Å². The lowest BCUT2D eigenvalue weighted by atomic mass is 9.94. The first-order valence-corrected chi connectivity index (χ1v) is 15.1. The van der Waals surface area contributed by atoms with Crippen LogP contribution in [0.25, 0.3) is 0 Å². The lowest BCUT2D eigenvalue weighted by Gasteiger charge is -2.33. The molecule has 0 aliphatic heterocycles. The van der Waals surface area contributed by atoms with E-state index >= 15 is 0 Å². The lowest BCUT2D eigenvalue weighted by Crippen LogP contribution is -2.52. The normalized spacial score (nSPS) is 14.6. The number of rotatable bonds is 12. The highest BCUT2D eigenvalue weighted by molar-refractivity contribution is 7.98. The Balaban J connectivity index is 1.52. The van der Waals surface area contributed by atoms with E-state index in [0.717, 1.165) is 42.6 Å². The molecule has 0 radical (unpaired) electrons. The zero-order valence-electron chi connectivity index (χ0n) is 21.9. The van der Waals surface area contributed by atoms with Gasteiger partial charge >= 0.3 is 0 Å². The van der Waals surface area contributed by atoms with Gasteiger partial charge in [0.25, 0.3) is 0 Å². The highest BCUT2D eigenvalue weighted by atomic mass is 35.5. The van der Waals surface area contributed by atoms with Gasteiger partial charge in [-0.1, -0.05) is 104 Å². The molecule has 2 amide bonds. The van der Waals surface area contributed by atoms with Crippen molar-refractivity contribution < 1.29 is 9.59 Å². The van der Waals surface area contributed by atoms with Crippen molar-refractivity contribution in [3.63, 3.8) is 0 Å². The number of carbonyl (C=O) groups is 2. The van der Waals surface area contributed by atoms with Crippen LogP contribution in [0.15, 0.2) is 84.9 Å². The van der Waals surface area contributed by atoms with Crippen molar-refractivity contribution >= 4 is 35.2 Å². The number of thioether (sulfide) groups is 1. The van der Waals surface area contributed by atoms with Crippen molar-refractivity contribution in [2.24, 2.45) is 0 Å². The monoisotopic (exact) mass is 548 g/mol. The minimum Gasteiger partial charge on any atom is -0.352 e. The van der Waals surface area contributed by atoms with Gasteiger partial charge in [-0.2, -0.15) is 11.8 Å². The zero-order valence-corrected chi connectivity index (χ0v) is 23.4. The minimum absolute atomic E-state index is 0.000219. The molecule has 0 aromatic heterocycles. The second-order valence-corrected chi connectivity index (χ2v) is 11.5. The third-order valence-corrected chi connectivity index (χ3v) is 8.34.